The van der Waals surface area contributed by atoms with Crippen molar-refractivity contribution in [1.29, 1.82) is 0 Å². The second kappa shape index (κ2) is 4.84. The van der Waals surface area contributed by atoms with E-state index in [0.29, 0.717) is 0 Å². The highest BCUT2D eigenvalue weighted by atomic mass is 35.5. The molecule has 0 saturated carbocycles. The SMILES string of the molecule is CNCC(=O)c1cc(Cl)cc(C(F)(F)F)c1. The maximum absolute atomic E-state index is 12.4. The van der Waals surface area contributed by atoms with Crippen molar-refractivity contribution in [3.63, 3.8) is 0 Å². The largest absolute Gasteiger partial charge is 0.416 e. The number of benzene rings is 1. The smallest absolute Gasteiger partial charge is 0.313 e. The van der Waals surface area contributed by atoms with Crippen LogP contribution < -0.4 is 5.32 Å². The highest BCUT2D eigenvalue weighted by molar-refractivity contribution is 6.31. The van der Waals surface area contributed by atoms with E-state index in [0.717, 1.165) is 12.1 Å². The van der Waals surface area contributed by atoms with E-state index in [-0.39, 0.29) is 17.1 Å². The lowest BCUT2D eigenvalue weighted by Crippen LogP contribution is -2.19. The van der Waals surface area contributed by atoms with Crippen molar-refractivity contribution >= 4 is 17.4 Å². The first-order chi connectivity index (χ1) is 7.34. The third kappa shape index (κ3) is 3.21. The Morgan fingerprint density at radius 3 is 2.50 bits per heavy atom. The summed E-state index contributed by atoms with van der Waals surface area (Å²) in [6.45, 7) is -0.0301. The van der Waals surface area contributed by atoms with E-state index in [9.17, 15) is 18.0 Å². The third-order valence-electron chi connectivity index (χ3n) is 1.88. The summed E-state index contributed by atoms with van der Waals surface area (Å²) in [5, 5.41) is 2.47. The van der Waals surface area contributed by atoms with Gasteiger partial charge in [0.15, 0.2) is 5.78 Å². The number of alkyl halides is 3. The van der Waals surface area contributed by atoms with Gasteiger partial charge in [0, 0.05) is 10.6 Å². The second-order valence-electron chi connectivity index (χ2n) is 3.18. The molecular formula is C10H9ClF3NO. The number of hydrogen-bond donors (Lipinski definition) is 1. The number of carbonyl (C=O) groups is 1. The standard InChI is InChI=1S/C10H9ClF3NO/c1-15-5-9(16)6-2-7(10(12,13)14)4-8(11)3-6/h2-4,15H,5H2,1H3. The minimum atomic E-state index is -4.50. The Hall–Kier alpha value is -1.07. The molecule has 1 aromatic carbocycles. The number of halogens is 4. The van der Waals surface area contributed by atoms with E-state index in [1.807, 2.05) is 0 Å². The van der Waals surface area contributed by atoms with Gasteiger partial charge >= 0.3 is 6.18 Å². The zero-order valence-corrected chi connectivity index (χ0v) is 9.12. The molecule has 0 aliphatic carbocycles. The lowest BCUT2D eigenvalue weighted by atomic mass is 10.1. The summed E-state index contributed by atoms with van der Waals surface area (Å²) in [5.41, 5.74) is -0.964. The van der Waals surface area contributed by atoms with Crippen molar-refractivity contribution in [1.82, 2.24) is 5.32 Å². The van der Waals surface area contributed by atoms with Crippen LogP contribution in [-0.4, -0.2) is 19.4 Å². The van der Waals surface area contributed by atoms with Gasteiger partial charge in [-0.15, -0.1) is 0 Å². The van der Waals surface area contributed by atoms with E-state index in [4.69, 9.17) is 11.6 Å². The molecule has 0 aromatic heterocycles. The lowest BCUT2D eigenvalue weighted by molar-refractivity contribution is -0.137. The monoisotopic (exact) mass is 251 g/mol. The zero-order chi connectivity index (χ0) is 12.3. The molecule has 1 N–H and O–H groups in total. The maximum atomic E-state index is 12.4. The quantitative estimate of drug-likeness (QED) is 0.837. The van der Waals surface area contributed by atoms with E-state index >= 15 is 0 Å². The summed E-state index contributed by atoms with van der Waals surface area (Å²) >= 11 is 5.53. The Morgan fingerprint density at radius 2 is 2.00 bits per heavy atom. The van der Waals surface area contributed by atoms with Crippen molar-refractivity contribution in [2.75, 3.05) is 13.6 Å². The van der Waals surface area contributed by atoms with Gasteiger partial charge in [0.2, 0.25) is 0 Å². The number of hydrogen-bond acceptors (Lipinski definition) is 2. The highest BCUT2D eigenvalue weighted by Gasteiger charge is 2.31. The summed E-state index contributed by atoms with van der Waals surface area (Å²) in [4.78, 5) is 11.4. The number of Topliss-reactive ketones (excluding diaryl/α,β-unsaturated/α-hetero) is 1. The van der Waals surface area contributed by atoms with Crippen molar-refractivity contribution in [3.05, 3.63) is 34.3 Å². The van der Waals surface area contributed by atoms with Gasteiger partial charge in [-0.25, -0.2) is 0 Å². The summed E-state index contributed by atoms with van der Waals surface area (Å²) < 4.78 is 37.2. The van der Waals surface area contributed by atoms with Crippen LogP contribution in [0.25, 0.3) is 0 Å². The van der Waals surface area contributed by atoms with Gasteiger partial charge in [0.25, 0.3) is 0 Å². The van der Waals surface area contributed by atoms with E-state index in [1.54, 1.807) is 0 Å². The van der Waals surface area contributed by atoms with Gasteiger partial charge < -0.3 is 5.32 Å². The van der Waals surface area contributed by atoms with Crippen LogP contribution in [0, 0.1) is 0 Å². The van der Waals surface area contributed by atoms with Crippen LogP contribution in [-0.2, 0) is 6.18 Å². The average molecular weight is 252 g/mol. The molecule has 6 heteroatoms. The van der Waals surface area contributed by atoms with Crippen LogP contribution in [0.15, 0.2) is 18.2 Å². The maximum Gasteiger partial charge on any atom is 0.416 e. The van der Waals surface area contributed by atoms with Gasteiger partial charge in [-0.1, -0.05) is 11.6 Å². The Morgan fingerprint density at radius 1 is 1.38 bits per heavy atom. The predicted octanol–water partition coefficient (Wildman–Crippen LogP) is 2.76. The van der Waals surface area contributed by atoms with Crippen molar-refractivity contribution < 1.29 is 18.0 Å². The van der Waals surface area contributed by atoms with Crippen LogP contribution in [0.2, 0.25) is 5.02 Å². The lowest BCUT2D eigenvalue weighted by Gasteiger charge is -2.09. The molecule has 16 heavy (non-hydrogen) atoms. The molecular weight excluding hydrogens is 243 g/mol. The molecule has 0 amide bonds. The number of ketones is 1. The van der Waals surface area contributed by atoms with Crippen LogP contribution in [0.3, 0.4) is 0 Å². The molecule has 0 spiro atoms. The molecule has 88 valence electrons. The molecule has 0 saturated heterocycles. The fourth-order valence-corrected chi connectivity index (χ4v) is 1.41. The average Bonchev–Trinajstić information content (AvgIpc) is 2.16. The molecule has 0 aliphatic heterocycles. The summed E-state index contributed by atoms with van der Waals surface area (Å²) in [5.74, 6) is -0.435. The topological polar surface area (TPSA) is 29.1 Å². The fourth-order valence-electron chi connectivity index (χ4n) is 1.18. The van der Waals surface area contributed by atoms with Crippen LogP contribution in [0.5, 0.6) is 0 Å². The van der Waals surface area contributed by atoms with E-state index in [2.05, 4.69) is 5.32 Å². The zero-order valence-electron chi connectivity index (χ0n) is 8.36. The molecule has 0 bridgehead atoms. The molecule has 0 fully saturated rings. The third-order valence-corrected chi connectivity index (χ3v) is 2.10. The van der Waals surface area contributed by atoms with Crippen molar-refractivity contribution in [2.45, 2.75) is 6.18 Å². The first-order valence-electron chi connectivity index (χ1n) is 4.40. The molecule has 0 atom stereocenters. The summed E-state index contributed by atoms with van der Waals surface area (Å²) in [6, 6.07) is 2.81. The highest BCUT2D eigenvalue weighted by Crippen LogP contribution is 2.31. The minimum Gasteiger partial charge on any atom is -0.313 e. The van der Waals surface area contributed by atoms with Crippen LogP contribution >= 0.6 is 11.6 Å². The normalized spacial score (nSPS) is 11.6. The molecule has 0 aliphatic rings. The van der Waals surface area contributed by atoms with E-state index < -0.39 is 17.5 Å². The van der Waals surface area contributed by atoms with Crippen molar-refractivity contribution in [3.8, 4) is 0 Å². The van der Waals surface area contributed by atoms with Gasteiger partial charge in [-0.2, -0.15) is 13.2 Å². The van der Waals surface area contributed by atoms with Gasteiger partial charge in [-0.05, 0) is 25.2 Å². The van der Waals surface area contributed by atoms with E-state index in [1.165, 1.54) is 13.1 Å². The Balaban J connectivity index is 3.13. The first kappa shape index (κ1) is 13.0. The minimum absolute atomic E-state index is 0.0301. The van der Waals surface area contributed by atoms with Gasteiger partial charge in [0.05, 0.1) is 12.1 Å². The Labute approximate surface area is 95.4 Å². The van der Waals surface area contributed by atoms with Gasteiger partial charge in [-0.3, -0.25) is 4.79 Å². The molecule has 1 aromatic rings. The number of nitrogens with one attached hydrogen (secondary N) is 1. The first-order valence-corrected chi connectivity index (χ1v) is 4.78. The predicted molar refractivity (Wildman–Crippen MR) is 54.7 cm³/mol. The fraction of sp³-hybridized carbons (Fsp3) is 0.300. The molecule has 2 nitrogen and oxygen atoms in total. The van der Waals surface area contributed by atoms with Crippen LogP contribution in [0.4, 0.5) is 13.2 Å². The second-order valence-corrected chi connectivity index (χ2v) is 3.62. The molecule has 1 rings (SSSR count). The molecule has 0 unspecified atom stereocenters. The number of likely N-dealkylation sites (N-methyl/N-ethyl adjacent to an activating group) is 1. The van der Waals surface area contributed by atoms with Gasteiger partial charge in [0.1, 0.15) is 0 Å². The Kier molecular flexibility index (Phi) is 3.93. The number of rotatable bonds is 3. The summed E-state index contributed by atoms with van der Waals surface area (Å²) in [6.07, 6.45) is -4.50. The number of carbonyl (C=O) groups excluding carboxylic acids is 1. The Bertz CT molecular complexity index is 404. The van der Waals surface area contributed by atoms with Crippen LogP contribution in [0.1, 0.15) is 15.9 Å². The molecule has 0 radical (unpaired) electrons. The summed E-state index contributed by atoms with van der Waals surface area (Å²) in [7, 11) is 1.53. The molecule has 0 heterocycles. The van der Waals surface area contributed by atoms with Crippen molar-refractivity contribution in [2.24, 2.45) is 0 Å².